The summed E-state index contributed by atoms with van der Waals surface area (Å²) in [5.41, 5.74) is 5.27. The summed E-state index contributed by atoms with van der Waals surface area (Å²) in [6.07, 6.45) is 2.32. The molecule has 0 bridgehead atoms. The number of hydrogen-bond acceptors (Lipinski definition) is 7. The number of rotatable bonds is 10. The van der Waals surface area contributed by atoms with Crippen LogP contribution < -0.4 is 20.6 Å². The van der Waals surface area contributed by atoms with Gasteiger partial charge >= 0.3 is 0 Å². The van der Waals surface area contributed by atoms with Crippen molar-refractivity contribution in [2.75, 3.05) is 5.32 Å². The van der Waals surface area contributed by atoms with Crippen molar-refractivity contribution in [2.24, 2.45) is 0 Å². The molecule has 2 aromatic heterocycles. The van der Waals surface area contributed by atoms with Crippen LogP contribution >= 0.6 is 11.9 Å². The van der Waals surface area contributed by atoms with Crippen molar-refractivity contribution in [3.8, 4) is 22.6 Å². The summed E-state index contributed by atoms with van der Waals surface area (Å²) in [6.45, 7) is 3.53. The molecule has 0 unspecified atom stereocenters. The van der Waals surface area contributed by atoms with Gasteiger partial charge in [-0.2, -0.15) is 0 Å². The third-order valence-electron chi connectivity index (χ3n) is 6.56. The van der Waals surface area contributed by atoms with Crippen LogP contribution in [0.25, 0.3) is 22.0 Å². The summed E-state index contributed by atoms with van der Waals surface area (Å²) in [4.78, 5) is 28.4. The van der Waals surface area contributed by atoms with E-state index >= 15 is 0 Å². The Morgan fingerprint density at radius 1 is 0.976 bits per heavy atom. The molecule has 0 saturated carbocycles. The average molecular weight is 569 g/mol. The molecule has 0 aliphatic carbocycles. The van der Waals surface area contributed by atoms with E-state index in [9.17, 15) is 14.3 Å². The number of hydrogen-bond donors (Lipinski definition) is 4. The highest BCUT2D eigenvalue weighted by molar-refractivity contribution is 8.01. The van der Waals surface area contributed by atoms with Crippen LogP contribution in [0, 0.1) is 0 Å². The Hall–Kier alpha value is -4.60. The Balaban J connectivity index is 1.45. The Labute approximate surface area is 241 Å². The molecule has 0 spiro atoms. The Morgan fingerprint density at radius 2 is 1.76 bits per heavy atom. The average Bonchev–Trinajstić information content (AvgIpc) is 2.98. The van der Waals surface area contributed by atoms with Crippen LogP contribution in [0.5, 0.6) is 11.5 Å². The zero-order chi connectivity index (χ0) is 28.8. The monoisotopic (exact) mass is 568 g/mol. The van der Waals surface area contributed by atoms with Crippen LogP contribution in [-0.2, 0) is 13.0 Å². The molecule has 0 radical (unpaired) electrons. The third kappa shape index (κ3) is 7.13. The highest BCUT2D eigenvalue weighted by atomic mass is 32.2. The van der Waals surface area contributed by atoms with Crippen LogP contribution in [0.1, 0.15) is 30.5 Å². The summed E-state index contributed by atoms with van der Waals surface area (Å²) < 4.78 is 13.3. The number of benzene rings is 3. The van der Waals surface area contributed by atoms with E-state index in [4.69, 9.17) is 9.82 Å². The van der Waals surface area contributed by atoms with Crippen molar-refractivity contribution in [2.45, 2.75) is 26.8 Å². The minimum absolute atomic E-state index is 0.0658. The zero-order valence-corrected chi connectivity index (χ0v) is 23.4. The molecule has 0 amide bonds. The van der Waals surface area contributed by atoms with Crippen molar-refractivity contribution in [1.29, 1.82) is 0 Å². The lowest BCUT2D eigenvalue weighted by atomic mass is 10.0. The molecule has 3 aromatic carbocycles. The lowest BCUT2D eigenvalue weighted by Gasteiger charge is -2.14. The van der Waals surface area contributed by atoms with E-state index in [1.807, 2.05) is 48.5 Å². The lowest BCUT2D eigenvalue weighted by Crippen LogP contribution is -2.17. The second-order valence-electron chi connectivity index (χ2n) is 9.54. The normalized spacial score (nSPS) is 11.8. The van der Waals surface area contributed by atoms with Gasteiger partial charge in [-0.15, -0.1) is 0 Å². The van der Waals surface area contributed by atoms with Gasteiger partial charge in [-0.1, -0.05) is 53.4 Å². The summed E-state index contributed by atoms with van der Waals surface area (Å²) >= 11 is 0.952. The van der Waals surface area contributed by atoms with Crippen molar-refractivity contribution >= 4 is 28.7 Å². The van der Waals surface area contributed by atoms with Gasteiger partial charge in [-0.3, -0.25) is 4.79 Å². The van der Waals surface area contributed by atoms with Crippen LogP contribution in [0.15, 0.2) is 107 Å². The quantitative estimate of drug-likeness (QED) is 0.104. The number of aromatic nitrogens is 2. The number of fused-ring (bicyclic) bond motifs is 1. The van der Waals surface area contributed by atoms with Gasteiger partial charge in [-0.05, 0) is 84.4 Å². The number of pyridine rings is 2. The van der Waals surface area contributed by atoms with Crippen molar-refractivity contribution in [1.82, 2.24) is 14.9 Å². The number of allylic oxidation sites excluding steroid dienone is 2. The van der Waals surface area contributed by atoms with E-state index in [1.54, 1.807) is 31.3 Å². The lowest BCUT2D eigenvalue weighted by molar-refractivity contribution is 0.281. The van der Waals surface area contributed by atoms with Gasteiger partial charge in [0.05, 0.1) is 5.52 Å². The van der Waals surface area contributed by atoms with Crippen molar-refractivity contribution in [3.63, 3.8) is 0 Å². The first-order valence-electron chi connectivity index (χ1n) is 13.0. The highest BCUT2D eigenvalue weighted by Crippen LogP contribution is 2.29. The smallest absolute Gasteiger partial charge is 0.292 e. The van der Waals surface area contributed by atoms with Gasteiger partial charge in [0.1, 0.15) is 17.4 Å². The predicted molar refractivity (Wildman–Crippen MR) is 163 cm³/mol. The van der Waals surface area contributed by atoms with Gasteiger partial charge in [0.25, 0.3) is 5.56 Å². The first-order chi connectivity index (χ1) is 19.9. The molecular weight excluding hydrogens is 539 g/mol. The van der Waals surface area contributed by atoms with E-state index in [0.29, 0.717) is 17.9 Å². The highest BCUT2D eigenvalue weighted by Gasteiger charge is 2.12. The second-order valence-corrected chi connectivity index (χ2v) is 10.5. The number of aromatic hydroxyl groups is 1. The topological polar surface area (TPSA) is 99.3 Å². The molecule has 0 atom stereocenters. The van der Waals surface area contributed by atoms with Gasteiger partial charge in [0.15, 0.2) is 0 Å². The number of H-pyrrole nitrogens is 1. The molecule has 2 heterocycles. The standard InChI is InChI=1S/C32H29FN4O3S/c1-20(33)21(2)41-37-40-30-17-27(19-35-32(30)39)24-10-13-29-25(15-24)16-26(14-22-6-4-3-5-7-22)31(36-29)34-18-23-8-11-28(38)12-9-23/h3-13,15-17,19,37-38H,14,18H2,1-2H3,(H,34,36)(H,35,39)/b21-20-. The molecule has 41 heavy (non-hydrogen) atoms. The molecule has 0 saturated heterocycles. The maximum Gasteiger partial charge on any atom is 0.292 e. The molecule has 7 nitrogen and oxygen atoms in total. The minimum Gasteiger partial charge on any atom is -0.508 e. The second kappa shape index (κ2) is 12.7. The van der Waals surface area contributed by atoms with Crippen LogP contribution in [0.3, 0.4) is 0 Å². The Kier molecular flexibility index (Phi) is 8.67. The molecule has 4 N–H and O–H groups in total. The van der Waals surface area contributed by atoms with Crippen molar-refractivity contribution in [3.05, 3.63) is 129 Å². The molecule has 0 aliphatic rings. The molecule has 9 heteroatoms. The van der Waals surface area contributed by atoms with E-state index in [1.165, 1.54) is 12.5 Å². The SMILES string of the molecule is C/C(F)=C(\C)SNOc1cc(-c2ccc3nc(NCc4ccc(O)cc4)c(Cc4ccccc4)cc3c2)c[nH]c1=O. The molecule has 5 rings (SSSR count). The molecule has 0 fully saturated rings. The van der Waals surface area contributed by atoms with Crippen molar-refractivity contribution < 1.29 is 14.3 Å². The summed E-state index contributed by atoms with van der Waals surface area (Å²) in [5.74, 6) is 0.756. The first kappa shape index (κ1) is 27.9. The number of halogens is 1. The number of aromatic amines is 1. The van der Waals surface area contributed by atoms with E-state index in [0.717, 1.165) is 50.9 Å². The summed E-state index contributed by atoms with van der Waals surface area (Å²) in [7, 11) is 0. The fourth-order valence-corrected chi connectivity index (χ4v) is 4.60. The number of anilines is 1. The number of nitrogens with one attached hydrogen (secondary N) is 3. The Morgan fingerprint density at radius 3 is 2.51 bits per heavy atom. The largest absolute Gasteiger partial charge is 0.508 e. The molecule has 5 aromatic rings. The van der Waals surface area contributed by atoms with Crippen LogP contribution in [0.4, 0.5) is 10.2 Å². The number of nitrogens with zero attached hydrogens (tertiary/aromatic N) is 1. The van der Waals surface area contributed by atoms with E-state index < -0.39 is 5.56 Å². The maximum absolute atomic E-state index is 13.3. The zero-order valence-electron chi connectivity index (χ0n) is 22.6. The summed E-state index contributed by atoms with van der Waals surface area (Å²) in [6, 6.07) is 27.0. The maximum atomic E-state index is 13.3. The fraction of sp³-hybridized carbons (Fsp3) is 0.125. The fourth-order valence-electron chi connectivity index (χ4n) is 4.21. The van der Waals surface area contributed by atoms with Gasteiger partial charge in [0, 0.05) is 35.0 Å². The summed E-state index contributed by atoms with van der Waals surface area (Å²) in [5, 5.41) is 14.0. The third-order valence-corrected chi connectivity index (χ3v) is 7.32. The van der Waals surface area contributed by atoms with Gasteiger partial charge in [-0.25, -0.2) is 9.37 Å². The minimum atomic E-state index is -0.405. The number of phenols is 1. The predicted octanol–water partition coefficient (Wildman–Crippen LogP) is 7.25. The first-order valence-corrected chi connectivity index (χ1v) is 13.8. The van der Waals surface area contributed by atoms with Crippen LogP contribution in [0.2, 0.25) is 0 Å². The molecule has 0 aliphatic heterocycles. The van der Waals surface area contributed by atoms with E-state index in [-0.39, 0.29) is 17.3 Å². The van der Waals surface area contributed by atoms with Crippen LogP contribution in [-0.4, -0.2) is 15.1 Å². The number of phenolic OH excluding ortho intramolecular Hbond substituents is 1. The molecular formula is C32H29FN4O3S. The Bertz CT molecular complexity index is 1750. The van der Waals surface area contributed by atoms with E-state index in [2.05, 4.69) is 33.4 Å². The van der Waals surface area contributed by atoms with Gasteiger partial charge < -0.3 is 20.2 Å². The molecule has 208 valence electrons. The van der Waals surface area contributed by atoms with Gasteiger partial charge in [0.2, 0.25) is 5.75 Å².